The molecule has 0 atom stereocenters. The second-order valence-corrected chi connectivity index (χ2v) is 3.54. The highest BCUT2D eigenvalue weighted by atomic mass is 16.3. The number of hydrogen-bond donors (Lipinski definition) is 3. The summed E-state index contributed by atoms with van der Waals surface area (Å²) in [5.41, 5.74) is 12.2. The van der Waals surface area contributed by atoms with Crippen LogP contribution in [0.1, 0.15) is 5.56 Å². The van der Waals surface area contributed by atoms with Crippen molar-refractivity contribution in [1.29, 1.82) is 0 Å². The number of nitrogens with zero attached hydrogens (tertiary/aromatic N) is 3. The Kier molecular flexibility index (Phi) is 3.92. The molecule has 1 rings (SSSR count). The van der Waals surface area contributed by atoms with E-state index in [0.717, 1.165) is 11.3 Å². The molecule has 92 valence electrons. The second kappa shape index (κ2) is 5.20. The number of aromatic hydroxyl groups is 1. The van der Waals surface area contributed by atoms with Crippen molar-refractivity contribution in [3.05, 3.63) is 23.8 Å². The Bertz CT molecular complexity index is 463. The van der Waals surface area contributed by atoms with Gasteiger partial charge in [-0.2, -0.15) is 4.99 Å². The van der Waals surface area contributed by atoms with Gasteiger partial charge in [-0.1, -0.05) is 6.07 Å². The van der Waals surface area contributed by atoms with Crippen LogP contribution in [0, 0.1) is 6.92 Å². The van der Waals surface area contributed by atoms with E-state index in [1.54, 1.807) is 31.1 Å². The molecule has 1 aromatic carbocycles. The van der Waals surface area contributed by atoms with E-state index in [-0.39, 0.29) is 11.7 Å². The van der Waals surface area contributed by atoms with Crippen LogP contribution in [0.2, 0.25) is 0 Å². The average molecular weight is 235 g/mol. The molecule has 0 spiro atoms. The van der Waals surface area contributed by atoms with Gasteiger partial charge in [-0.05, 0) is 19.1 Å². The lowest BCUT2D eigenvalue weighted by molar-refractivity contribution is 0.471. The topological polar surface area (TPSA) is 100 Å². The highest BCUT2D eigenvalue weighted by molar-refractivity contribution is 6.03. The molecule has 17 heavy (non-hydrogen) atoms. The van der Waals surface area contributed by atoms with Crippen molar-refractivity contribution in [3.63, 3.8) is 0 Å². The zero-order chi connectivity index (χ0) is 13.0. The van der Waals surface area contributed by atoms with Crippen molar-refractivity contribution in [3.8, 4) is 5.75 Å². The third-order valence-corrected chi connectivity index (χ3v) is 2.37. The summed E-state index contributed by atoms with van der Waals surface area (Å²) >= 11 is 0. The number of benzene rings is 1. The molecule has 0 radical (unpaired) electrons. The molecule has 0 fully saturated rings. The van der Waals surface area contributed by atoms with Gasteiger partial charge in [-0.25, -0.2) is 0 Å². The maximum absolute atomic E-state index is 9.63. The first-order valence-corrected chi connectivity index (χ1v) is 5.06. The first-order chi connectivity index (χ1) is 7.97. The van der Waals surface area contributed by atoms with Gasteiger partial charge in [-0.15, -0.1) is 0 Å². The molecule has 0 aliphatic carbocycles. The van der Waals surface area contributed by atoms with Crippen molar-refractivity contribution in [2.75, 3.05) is 19.0 Å². The molecule has 0 unspecified atom stereocenters. The Balaban J connectivity index is 3.16. The van der Waals surface area contributed by atoms with Crippen molar-refractivity contribution in [1.82, 2.24) is 0 Å². The van der Waals surface area contributed by atoms with Gasteiger partial charge in [0.05, 0.1) is 5.69 Å². The van der Waals surface area contributed by atoms with Crippen molar-refractivity contribution in [2.24, 2.45) is 21.5 Å². The number of guanidine groups is 2. The Morgan fingerprint density at radius 1 is 1.35 bits per heavy atom. The molecule has 6 heteroatoms. The van der Waals surface area contributed by atoms with Crippen LogP contribution in [0.25, 0.3) is 0 Å². The van der Waals surface area contributed by atoms with Gasteiger partial charge in [-0.3, -0.25) is 4.99 Å². The minimum absolute atomic E-state index is 0.0599. The van der Waals surface area contributed by atoms with E-state index in [1.807, 2.05) is 13.0 Å². The van der Waals surface area contributed by atoms with Crippen LogP contribution >= 0.6 is 0 Å². The largest absolute Gasteiger partial charge is 0.508 e. The third kappa shape index (κ3) is 2.87. The van der Waals surface area contributed by atoms with Crippen LogP contribution in [0.5, 0.6) is 5.75 Å². The van der Waals surface area contributed by atoms with Gasteiger partial charge in [0.2, 0.25) is 5.96 Å². The average Bonchev–Trinajstić information content (AvgIpc) is 2.28. The monoisotopic (exact) mass is 235 g/mol. The van der Waals surface area contributed by atoms with E-state index in [1.165, 1.54) is 0 Å². The van der Waals surface area contributed by atoms with Crippen LogP contribution in [-0.4, -0.2) is 31.1 Å². The minimum Gasteiger partial charge on any atom is -0.508 e. The number of aliphatic imine (C=N–C) groups is 2. The number of anilines is 1. The van der Waals surface area contributed by atoms with E-state index in [2.05, 4.69) is 9.98 Å². The summed E-state index contributed by atoms with van der Waals surface area (Å²) in [7, 11) is 3.37. The Hall–Kier alpha value is -2.24. The highest BCUT2D eigenvalue weighted by Crippen LogP contribution is 2.26. The van der Waals surface area contributed by atoms with Gasteiger partial charge in [0, 0.05) is 19.7 Å². The van der Waals surface area contributed by atoms with Crippen molar-refractivity contribution >= 4 is 17.6 Å². The normalized spacial score (nSPS) is 11.1. The maximum Gasteiger partial charge on any atom is 0.227 e. The second-order valence-electron chi connectivity index (χ2n) is 3.54. The first-order valence-electron chi connectivity index (χ1n) is 5.06. The van der Waals surface area contributed by atoms with Crippen molar-refractivity contribution in [2.45, 2.75) is 6.92 Å². The van der Waals surface area contributed by atoms with Gasteiger partial charge < -0.3 is 21.5 Å². The lowest BCUT2D eigenvalue weighted by Crippen LogP contribution is -2.31. The van der Waals surface area contributed by atoms with Crippen LogP contribution in [0.4, 0.5) is 5.69 Å². The summed E-state index contributed by atoms with van der Waals surface area (Å²) in [6.45, 7) is 1.81. The van der Waals surface area contributed by atoms with Gasteiger partial charge in [0.1, 0.15) is 5.75 Å². The molecule has 1 aromatic rings. The van der Waals surface area contributed by atoms with Crippen molar-refractivity contribution < 1.29 is 5.11 Å². The quantitative estimate of drug-likeness (QED) is 0.484. The van der Waals surface area contributed by atoms with Gasteiger partial charge in [0.15, 0.2) is 5.96 Å². The van der Waals surface area contributed by atoms with E-state index in [4.69, 9.17) is 11.5 Å². The number of nitrogens with two attached hydrogens (primary N) is 2. The van der Waals surface area contributed by atoms with Gasteiger partial charge in [0.25, 0.3) is 0 Å². The molecule has 0 aliphatic heterocycles. The van der Waals surface area contributed by atoms with Crippen LogP contribution in [-0.2, 0) is 0 Å². The summed E-state index contributed by atoms with van der Waals surface area (Å²) in [6, 6.07) is 5.22. The molecule has 0 saturated carbocycles. The standard InChI is InChI=1S/C11H17N5O/c1-7-8(5-4-6-9(7)17)16(3)11(14-2)15-10(12)13/h4-6,17H,1-3H3,(H4,12,13,14,15). The molecular formula is C11H17N5O. The summed E-state index contributed by atoms with van der Waals surface area (Å²) in [5.74, 6) is 0.531. The Morgan fingerprint density at radius 2 is 2.00 bits per heavy atom. The maximum atomic E-state index is 9.63. The fraction of sp³-hybridized carbons (Fsp3) is 0.273. The molecular weight excluding hydrogens is 218 g/mol. The zero-order valence-corrected chi connectivity index (χ0v) is 10.2. The van der Waals surface area contributed by atoms with E-state index >= 15 is 0 Å². The van der Waals surface area contributed by atoms with Crippen LogP contribution in [0.3, 0.4) is 0 Å². The Labute approximate surface area is 100 Å². The lowest BCUT2D eigenvalue weighted by atomic mass is 10.1. The zero-order valence-electron chi connectivity index (χ0n) is 10.2. The van der Waals surface area contributed by atoms with E-state index in [9.17, 15) is 5.11 Å². The summed E-state index contributed by atoms with van der Waals surface area (Å²) in [6.07, 6.45) is 0. The van der Waals surface area contributed by atoms with E-state index in [0.29, 0.717) is 5.96 Å². The number of rotatable bonds is 1. The summed E-state index contributed by atoms with van der Waals surface area (Å²) in [5, 5.41) is 9.63. The molecule has 0 amide bonds. The van der Waals surface area contributed by atoms with E-state index < -0.39 is 0 Å². The molecule has 6 nitrogen and oxygen atoms in total. The molecule has 0 aliphatic rings. The summed E-state index contributed by atoms with van der Waals surface area (Å²) in [4.78, 5) is 9.60. The molecule has 0 bridgehead atoms. The SMILES string of the molecule is CN=C(N=C(N)N)N(C)c1cccc(O)c1C. The fourth-order valence-corrected chi connectivity index (χ4v) is 1.47. The third-order valence-electron chi connectivity index (χ3n) is 2.37. The van der Waals surface area contributed by atoms with Crippen LogP contribution < -0.4 is 16.4 Å². The molecule has 5 N–H and O–H groups in total. The first kappa shape index (κ1) is 12.8. The number of phenols is 1. The number of hydrogen-bond acceptors (Lipinski definition) is 2. The molecule has 0 saturated heterocycles. The predicted molar refractivity (Wildman–Crippen MR) is 70.4 cm³/mol. The molecule has 0 aromatic heterocycles. The van der Waals surface area contributed by atoms with Gasteiger partial charge >= 0.3 is 0 Å². The van der Waals surface area contributed by atoms with Crippen LogP contribution in [0.15, 0.2) is 28.2 Å². The smallest absolute Gasteiger partial charge is 0.227 e. The number of phenolic OH excluding ortho intramolecular Hbond substituents is 1. The Morgan fingerprint density at radius 3 is 2.53 bits per heavy atom. The fourth-order valence-electron chi connectivity index (χ4n) is 1.47. The highest BCUT2D eigenvalue weighted by Gasteiger charge is 2.12. The lowest BCUT2D eigenvalue weighted by Gasteiger charge is -2.20. The molecule has 0 heterocycles. The predicted octanol–water partition coefficient (Wildman–Crippen LogP) is 0.396. The minimum atomic E-state index is -0.0599. The summed E-state index contributed by atoms with van der Waals surface area (Å²) < 4.78 is 0.